The second-order valence-electron chi connectivity index (χ2n) is 5.23. The summed E-state index contributed by atoms with van der Waals surface area (Å²) in [5.41, 5.74) is 2.54. The molecule has 118 valence electrons. The normalized spacial score (nSPS) is 10.2. The molecule has 0 atom stereocenters. The third kappa shape index (κ3) is 2.57. The predicted molar refractivity (Wildman–Crippen MR) is 92.0 cm³/mol. The number of nitriles is 1. The molecule has 0 aliphatic heterocycles. The molecule has 0 aromatic heterocycles. The Morgan fingerprint density at radius 1 is 1.04 bits per heavy atom. The highest BCUT2D eigenvalue weighted by atomic mass is 16.5. The van der Waals surface area contributed by atoms with Gasteiger partial charge in [0.1, 0.15) is 5.75 Å². The van der Waals surface area contributed by atoms with Crippen LogP contribution in [-0.4, -0.2) is 20.2 Å². The van der Waals surface area contributed by atoms with Crippen LogP contribution in [0.15, 0.2) is 54.6 Å². The number of carbonyl (C=O) groups excluding carboxylic acids is 1. The lowest BCUT2D eigenvalue weighted by Crippen LogP contribution is -2.01. The van der Waals surface area contributed by atoms with Crippen molar-refractivity contribution in [3.63, 3.8) is 0 Å². The van der Waals surface area contributed by atoms with Crippen molar-refractivity contribution in [2.24, 2.45) is 0 Å². The molecule has 0 N–H and O–H groups in total. The SMILES string of the molecule is COC(=O)c1ccc2cccc(-c3c(C#N)cccc3OC)c2c1. The average Bonchev–Trinajstić information content (AvgIpc) is 2.65. The molecule has 24 heavy (non-hydrogen) atoms. The van der Waals surface area contributed by atoms with Crippen LogP contribution in [-0.2, 0) is 4.74 Å². The number of ether oxygens (including phenoxy) is 2. The molecule has 0 spiro atoms. The van der Waals surface area contributed by atoms with Crippen molar-refractivity contribution in [2.75, 3.05) is 14.2 Å². The molecule has 0 heterocycles. The Labute approximate surface area is 139 Å². The van der Waals surface area contributed by atoms with Gasteiger partial charge in [0.05, 0.1) is 31.4 Å². The Hall–Kier alpha value is -3.32. The summed E-state index contributed by atoms with van der Waals surface area (Å²) in [6.45, 7) is 0. The van der Waals surface area contributed by atoms with Crippen LogP contribution in [0.1, 0.15) is 15.9 Å². The molecular weight excluding hydrogens is 302 g/mol. The first kappa shape index (κ1) is 15.6. The molecule has 3 aromatic rings. The molecule has 3 aromatic carbocycles. The van der Waals surface area contributed by atoms with Gasteiger partial charge in [0.2, 0.25) is 0 Å². The Kier molecular flexibility index (Phi) is 4.17. The summed E-state index contributed by atoms with van der Waals surface area (Å²) >= 11 is 0. The molecule has 0 saturated heterocycles. The first-order valence-corrected chi connectivity index (χ1v) is 7.38. The zero-order chi connectivity index (χ0) is 17.1. The highest BCUT2D eigenvalue weighted by molar-refractivity contribution is 6.03. The van der Waals surface area contributed by atoms with Crippen LogP contribution in [0, 0.1) is 11.3 Å². The quantitative estimate of drug-likeness (QED) is 0.680. The maximum Gasteiger partial charge on any atom is 0.337 e. The zero-order valence-corrected chi connectivity index (χ0v) is 13.4. The minimum Gasteiger partial charge on any atom is -0.496 e. The Morgan fingerprint density at radius 3 is 2.54 bits per heavy atom. The molecule has 0 aliphatic carbocycles. The van der Waals surface area contributed by atoms with Crippen molar-refractivity contribution in [2.45, 2.75) is 0 Å². The number of carbonyl (C=O) groups is 1. The van der Waals surface area contributed by atoms with E-state index in [9.17, 15) is 10.1 Å². The number of fused-ring (bicyclic) bond motifs is 1. The number of esters is 1. The topological polar surface area (TPSA) is 59.3 Å². The van der Waals surface area contributed by atoms with Gasteiger partial charge in [-0.25, -0.2) is 4.79 Å². The molecule has 4 heteroatoms. The standard InChI is InChI=1S/C20H15NO3/c1-23-18-8-4-6-15(12-21)19(18)16-7-3-5-13-9-10-14(11-17(13)16)20(22)24-2/h3-11H,1-2H3. The van der Waals surface area contributed by atoms with E-state index in [1.807, 2.05) is 30.3 Å². The Bertz CT molecular complexity index is 970. The molecule has 3 rings (SSSR count). The molecule has 0 radical (unpaired) electrons. The van der Waals surface area contributed by atoms with E-state index in [0.29, 0.717) is 16.9 Å². The molecule has 0 unspecified atom stereocenters. The fourth-order valence-electron chi connectivity index (χ4n) is 2.81. The smallest absolute Gasteiger partial charge is 0.337 e. The molecule has 0 bridgehead atoms. The molecule has 0 saturated carbocycles. The van der Waals surface area contributed by atoms with Gasteiger partial charge in [-0.3, -0.25) is 0 Å². The van der Waals surface area contributed by atoms with E-state index in [-0.39, 0.29) is 0 Å². The summed E-state index contributed by atoms with van der Waals surface area (Å²) in [7, 11) is 2.93. The maximum absolute atomic E-state index is 11.9. The first-order chi connectivity index (χ1) is 11.7. The zero-order valence-electron chi connectivity index (χ0n) is 13.4. The van der Waals surface area contributed by atoms with Gasteiger partial charge in [0.15, 0.2) is 0 Å². The van der Waals surface area contributed by atoms with Gasteiger partial charge in [0, 0.05) is 5.56 Å². The van der Waals surface area contributed by atoms with Crippen LogP contribution in [0.25, 0.3) is 21.9 Å². The lowest BCUT2D eigenvalue weighted by Gasteiger charge is -2.13. The van der Waals surface area contributed by atoms with E-state index >= 15 is 0 Å². The van der Waals surface area contributed by atoms with Gasteiger partial charge in [-0.2, -0.15) is 5.26 Å². The largest absolute Gasteiger partial charge is 0.496 e. The number of nitrogens with zero attached hydrogens (tertiary/aromatic N) is 1. The second-order valence-corrected chi connectivity index (χ2v) is 5.23. The number of benzene rings is 3. The average molecular weight is 317 g/mol. The summed E-state index contributed by atoms with van der Waals surface area (Å²) in [6.07, 6.45) is 0. The van der Waals surface area contributed by atoms with E-state index in [1.54, 1.807) is 31.4 Å². The van der Waals surface area contributed by atoms with E-state index in [2.05, 4.69) is 6.07 Å². The van der Waals surface area contributed by atoms with Crippen LogP contribution < -0.4 is 4.74 Å². The van der Waals surface area contributed by atoms with Crippen LogP contribution in [0.4, 0.5) is 0 Å². The summed E-state index contributed by atoms with van der Waals surface area (Å²) < 4.78 is 10.3. The van der Waals surface area contributed by atoms with Crippen LogP contribution in [0.5, 0.6) is 5.75 Å². The van der Waals surface area contributed by atoms with Gasteiger partial charge in [-0.05, 0) is 40.6 Å². The molecular formula is C20H15NO3. The molecule has 0 amide bonds. The number of methoxy groups -OCH3 is 2. The third-order valence-corrected chi connectivity index (χ3v) is 3.94. The Balaban J connectivity index is 2.35. The lowest BCUT2D eigenvalue weighted by atomic mass is 9.93. The fourth-order valence-corrected chi connectivity index (χ4v) is 2.81. The molecule has 4 nitrogen and oxygen atoms in total. The van der Waals surface area contributed by atoms with E-state index < -0.39 is 5.97 Å². The van der Waals surface area contributed by atoms with Crippen molar-refractivity contribution < 1.29 is 14.3 Å². The van der Waals surface area contributed by atoms with Gasteiger partial charge in [-0.15, -0.1) is 0 Å². The Morgan fingerprint density at radius 2 is 1.83 bits per heavy atom. The number of hydrogen-bond donors (Lipinski definition) is 0. The van der Waals surface area contributed by atoms with Crippen LogP contribution >= 0.6 is 0 Å². The van der Waals surface area contributed by atoms with Crippen molar-refractivity contribution in [3.8, 4) is 22.9 Å². The van der Waals surface area contributed by atoms with Gasteiger partial charge < -0.3 is 9.47 Å². The predicted octanol–water partition coefficient (Wildman–Crippen LogP) is 4.17. The first-order valence-electron chi connectivity index (χ1n) is 7.38. The van der Waals surface area contributed by atoms with E-state index in [0.717, 1.165) is 21.9 Å². The van der Waals surface area contributed by atoms with Crippen LogP contribution in [0.2, 0.25) is 0 Å². The van der Waals surface area contributed by atoms with Crippen LogP contribution in [0.3, 0.4) is 0 Å². The maximum atomic E-state index is 11.9. The minimum absolute atomic E-state index is 0.396. The van der Waals surface area contributed by atoms with E-state index in [1.165, 1.54) is 7.11 Å². The van der Waals surface area contributed by atoms with Gasteiger partial charge >= 0.3 is 5.97 Å². The molecule has 0 fully saturated rings. The number of hydrogen-bond acceptors (Lipinski definition) is 4. The highest BCUT2D eigenvalue weighted by Gasteiger charge is 2.15. The second kappa shape index (κ2) is 6.43. The minimum atomic E-state index is -0.396. The van der Waals surface area contributed by atoms with Crippen molar-refractivity contribution >= 4 is 16.7 Å². The van der Waals surface area contributed by atoms with Gasteiger partial charge in [0.25, 0.3) is 0 Å². The lowest BCUT2D eigenvalue weighted by molar-refractivity contribution is 0.0601. The summed E-state index contributed by atoms with van der Waals surface area (Å²) in [6, 6.07) is 18.7. The van der Waals surface area contributed by atoms with Crippen molar-refractivity contribution in [1.82, 2.24) is 0 Å². The van der Waals surface area contributed by atoms with Crippen molar-refractivity contribution in [1.29, 1.82) is 5.26 Å². The highest BCUT2D eigenvalue weighted by Crippen LogP contribution is 2.37. The number of rotatable bonds is 3. The summed E-state index contributed by atoms with van der Waals surface area (Å²) in [5, 5.41) is 11.3. The summed E-state index contributed by atoms with van der Waals surface area (Å²) in [5.74, 6) is 0.220. The van der Waals surface area contributed by atoms with E-state index in [4.69, 9.17) is 9.47 Å². The third-order valence-electron chi connectivity index (χ3n) is 3.94. The molecule has 0 aliphatic rings. The van der Waals surface area contributed by atoms with Gasteiger partial charge in [-0.1, -0.05) is 30.3 Å². The fraction of sp³-hybridized carbons (Fsp3) is 0.100. The van der Waals surface area contributed by atoms with Crippen molar-refractivity contribution in [3.05, 3.63) is 65.7 Å². The summed E-state index contributed by atoms with van der Waals surface area (Å²) in [4.78, 5) is 11.9. The monoisotopic (exact) mass is 317 g/mol.